The van der Waals surface area contributed by atoms with Gasteiger partial charge in [0.25, 0.3) is 0 Å². The lowest BCUT2D eigenvalue weighted by atomic mass is 10.0. The molecule has 30 heavy (non-hydrogen) atoms. The first-order valence-electron chi connectivity index (χ1n) is 9.86. The number of rotatable bonds is 7. The minimum atomic E-state index is -4.35. The van der Waals surface area contributed by atoms with Gasteiger partial charge in [0.15, 0.2) is 5.96 Å². The molecule has 1 aromatic heterocycles. The van der Waals surface area contributed by atoms with Crippen molar-refractivity contribution in [3.8, 4) is 0 Å². The molecule has 0 spiro atoms. The van der Waals surface area contributed by atoms with E-state index in [1.54, 1.807) is 6.20 Å². The molecule has 3 rings (SSSR count). The highest BCUT2D eigenvalue weighted by Gasteiger charge is 2.31. The number of nitrogens with zero attached hydrogens (tertiary/aromatic N) is 3. The Labute approximate surface area is 174 Å². The van der Waals surface area contributed by atoms with Gasteiger partial charge in [0.1, 0.15) is 0 Å². The fraction of sp³-hybridized carbons (Fsp3) is 0.429. The van der Waals surface area contributed by atoms with Gasteiger partial charge >= 0.3 is 6.18 Å². The summed E-state index contributed by atoms with van der Waals surface area (Å²) in [6, 6.07) is 10.8. The monoisotopic (exact) mass is 421 g/mol. The fourth-order valence-corrected chi connectivity index (χ4v) is 3.32. The van der Waals surface area contributed by atoms with Crippen LogP contribution in [0.5, 0.6) is 0 Å². The number of aliphatic imine (C=N–C) groups is 1. The van der Waals surface area contributed by atoms with Crippen LogP contribution in [0.4, 0.5) is 13.2 Å². The summed E-state index contributed by atoms with van der Waals surface area (Å²) >= 11 is 0. The maximum absolute atomic E-state index is 12.9. The number of hydrogen-bond donors (Lipinski definition) is 2. The van der Waals surface area contributed by atoms with Crippen molar-refractivity contribution in [3.05, 3.63) is 65.5 Å². The number of hydrogen-bond acceptors (Lipinski definition) is 4. The third kappa shape index (κ3) is 6.43. The molecule has 1 fully saturated rings. The summed E-state index contributed by atoms with van der Waals surface area (Å²) < 4.78 is 44.1. The second-order valence-electron chi connectivity index (χ2n) is 7.01. The minimum absolute atomic E-state index is 0.174. The van der Waals surface area contributed by atoms with Gasteiger partial charge in [0.2, 0.25) is 0 Å². The predicted molar refractivity (Wildman–Crippen MR) is 109 cm³/mol. The van der Waals surface area contributed by atoms with Crippen LogP contribution >= 0.6 is 0 Å². The van der Waals surface area contributed by atoms with Crippen molar-refractivity contribution in [1.82, 2.24) is 15.2 Å². The zero-order valence-corrected chi connectivity index (χ0v) is 16.6. The van der Waals surface area contributed by atoms with Crippen molar-refractivity contribution >= 4 is 5.96 Å². The number of aromatic nitrogens is 1. The Bertz CT molecular complexity index is 806. The average Bonchev–Trinajstić information content (AvgIpc) is 2.75. The maximum Gasteiger partial charge on any atom is 0.416 e. The van der Waals surface area contributed by atoms with Crippen molar-refractivity contribution in [2.24, 2.45) is 10.7 Å². The van der Waals surface area contributed by atoms with E-state index < -0.39 is 11.7 Å². The molecule has 162 valence electrons. The Hall–Kier alpha value is -2.65. The van der Waals surface area contributed by atoms with E-state index in [9.17, 15) is 13.2 Å². The summed E-state index contributed by atoms with van der Waals surface area (Å²) in [6.07, 6.45) is -1.90. The van der Waals surface area contributed by atoms with Gasteiger partial charge in [-0.1, -0.05) is 18.2 Å². The number of morpholine rings is 1. The van der Waals surface area contributed by atoms with E-state index in [2.05, 4.69) is 20.2 Å². The van der Waals surface area contributed by atoms with Crippen LogP contribution in [0.2, 0.25) is 0 Å². The van der Waals surface area contributed by atoms with Crippen LogP contribution in [-0.4, -0.2) is 55.2 Å². The summed E-state index contributed by atoms with van der Waals surface area (Å²) in [5, 5.41) is 3.07. The Kier molecular flexibility index (Phi) is 7.64. The van der Waals surface area contributed by atoms with Crippen LogP contribution in [0.25, 0.3) is 0 Å². The zero-order valence-electron chi connectivity index (χ0n) is 16.6. The molecular formula is C21H26F3N5O. The normalized spacial score (nSPS) is 17.0. The summed E-state index contributed by atoms with van der Waals surface area (Å²) in [4.78, 5) is 10.9. The molecule has 1 atom stereocenters. The third-order valence-electron chi connectivity index (χ3n) is 4.96. The Morgan fingerprint density at radius 1 is 1.17 bits per heavy atom. The molecule has 1 unspecified atom stereocenters. The number of benzene rings is 1. The van der Waals surface area contributed by atoms with Crippen LogP contribution in [0.15, 0.2) is 53.7 Å². The van der Waals surface area contributed by atoms with E-state index in [0.717, 1.165) is 23.4 Å². The Morgan fingerprint density at radius 2 is 1.90 bits per heavy atom. The Morgan fingerprint density at radius 3 is 2.53 bits per heavy atom. The maximum atomic E-state index is 12.9. The number of pyridine rings is 1. The fourth-order valence-electron chi connectivity index (χ4n) is 3.32. The summed E-state index contributed by atoms with van der Waals surface area (Å²) in [7, 11) is 0. The highest BCUT2D eigenvalue weighted by Crippen LogP contribution is 2.31. The first-order chi connectivity index (χ1) is 14.4. The van der Waals surface area contributed by atoms with Gasteiger partial charge in [-0.25, -0.2) is 0 Å². The number of halogens is 3. The standard InChI is InChI=1S/C21H26F3N5O/c22-21(23,24)17-6-4-16(5-7-17)19(29-11-13-30-14-12-29)15-28-20(25)27-10-8-18-3-1-2-9-26-18/h1-7,9,19H,8,10-15H2,(H3,25,27,28). The van der Waals surface area contributed by atoms with Gasteiger partial charge in [-0.05, 0) is 29.8 Å². The molecule has 0 radical (unpaired) electrons. The predicted octanol–water partition coefficient (Wildman–Crippen LogP) is 2.62. The summed E-state index contributed by atoms with van der Waals surface area (Å²) in [6.45, 7) is 3.47. The number of nitrogens with one attached hydrogen (secondary N) is 1. The number of nitrogens with two attached hydrogens (primary N) is 1. The van der Waals surface area contributed by atoms with E-state index >= 15 is 0 Å². The molecule has 0 amide bonds. The van der Waals surface area contributed by atoms with Crippen LogP contribution in [0, 0.1) is 0 Å². The van der Waals surface area contributed by atoms with Crippen LogP contribution < -0.4 is 11.1 Å². The lowest BCUT2D eigenvalue weighted by Crippen LogP contribution is -2.41. The molecule has 2 aromatic rings. The van der Waals surface area contributed by atoms with E-state index in [4.69, 9.17) is 10.5 Å². The molecule has 0 bridgehead atoms. The van der Waals surface area contributed by atoms with Gasteiger partial charge in [0, 0.05) is 37.9 Å². The molecular weight excluding hydrogens is 395 g/mol. The van der Waals surface area contributed by atoms with Crippen LogP contribution in [0.1, 0.15) is 22.9 Å². The quantitative estimate of drug-likeness (QED) is 0.531. The SMILES string of the molecule is NC(=NCC(c1ccc(C(F)(F)F)cc1)N1CCOCC1)NCCc1ccccn1. The highest BCUT2D eigenvalue weighted by atomic mass is 19.4. The molecule has 1 aliphatic heterocycles. The largest absolute Gasteiger partial charge is 0.416 e. The van der Waals surface area contributed by atoms with Crippen LogP contribution in [-0.2, 0) is 17.3 Å². The highest BCUT2D eigenvalue weighted by molar-refractivity contribution is 5.77. The average molecular weight is 421 g/mol. The second kappa shape index (κ2) is 10.4. The smallest absolute Gasteiger partial charge is 0.379 e. The van der Waals surface area contributed by atoms with Crippen LogP contribution in [0.3, 0.4) is 0 Å². The van der Waals surface area contributed by atoms with Crippen molar-refractivity contribution in [2.45, 2.75) is 18.6 Å². The molecule has 0 saturated carbocycles. The van der Waals surface area contributed by atoms with E-state index in [0.29, 0.717) is 51.8 Å². The lowest BCUT2D eigenvalue weighted by Gasteiger charge is -2.34. The van der Waals surface area contributed by atoms with Gasteiger partial charge in [-0.3, -0.25) is 14.9 Å². The van der Waals surface area contributed by atoms with Gasteiger partial charge in [0.05, 0.1) is 31.4 Å². The van der Waals surface area contributed by atoms with E-state index in [1.807, 2.05) is 18.2 Å². The molecule has 9 heteroatoms. The first-order valence-corrected chi connectivity index (χ1v) is 9.86. The zero-order chi connectivity index (χ0) is 21.4. The van der Waals surface area contributed by atoms with Crippen molar-refractivity contribution < 1.29 is 17.9 Å². The molecule has 1 aromatic carbocycles. The van der Waals surface area contributed by atoms with Gasteiger partial charge in [-0.2, -0.15) is 13.2 Å². The summed E-state index contributed by atoms with van der Waals surface area (Å²) in [5.41, 5.74) is 7.07. The first kappa shape index (κ1) is 22.0. The molecule has 6 nitrogen and oxygen atoms in total. The second-order valence-corrected chi connectivity index (χ2v) is 7.01. The number of guanidine groups is 1. The van der Waals surface area contributed by atoms with Gasteiger partial charge in [-0.15, -0.1) is 0 Å². The van der Waals surface area contributed by atoms with Gasteiger partial charge < -0.3 is 15.8 Å². The minimum Gasteiger partial charge on any atom is -0.379 e. The van der Waals surface area contributed by atoms with E-state index in [1.165, 1.54) is 12.1 Å². The van der Waals surface area contributed by atoms with Crippen molar-refractivity contribution in [1.29, 1.82) is 0 Å². The topological polar surface area (TPSA) is 75.8 Å². The van der Waals surface area contributed by atoms with Crippen molar-refractivity contribution in [3.63, 3.8) is 0 Å². The van der Waals surface area contributed by atoms with Crippen molar-refractivity contribution in [2.75, 3.05) is 39.4 Å². The lowest BCUT2D eigenvalue weighted by molar-refractivity contribution is -0.137. The molecule has 1 saturated heterocycles. The molecule has 0 aliphatic carbocycles. The molecule has 2 heterocycles. The number of alkyl halides is 3. The summed E-state index contributed by atoms with van der Waals surface area (Å²) in [5.74, 6) is 0.302. The third-order valence-corrected chi connectivity index (χ3v) is 4.96. The molecule has 1 aliphatic rings. The Balaban J connectivity index is 1.64. The van der Waals surface area contributed by atoms with E-state index in [-0.39, 0.29) is 6.04 Å². The number of ether oxygens (including phenoxy) is 1. The molecule has 3 N–H and O–H groups in total.